The first kappa shape index (κ1) is 28.8. The Bertz CT molecular complexity index is 680. The van der Waals surface area contributed by atoms with Gasteiger partial charge in [0.05, 0.1) is 15.6 Å². The van der Waals surface area contributed by atoms with Gasteiger partial charge in [0, 0.05) is 12.1 Å². The molecule has 1 rings (SSSR count). The van der Waals surface area contributed by atoms with Gasteiger partial charge in [-0.2, -0.15) is 0 Å². The van der Waals surface area contributed by atoms with Crippen LogP contribution in [0.1, 0.15) is 102 Å². The third kappa shape index (κ3) is 10.1. The molecule has 184 valence electrons. The number of hydrogen-bond donors (Lipinski definition) is 0. The average molecular weight is 471 g/mol. The van der Waals surface area contributed by atoms with Crippen molar-refractivity contribution in [3.05, 3.63) is 28.3 Å². The van der Waals surface area contributed by atoms with Crippen molar-refractivity contribution in [3.63, 3.8) is 0 Å². The van der Waals surface area contributed by atoms with Crippen molar-refractivity contribution >= 4 is 15.5 Å². The summed E-state index contributed by atoms with van der Waals surface area (Å²) >= 11 is 0. The number of carbonyl (C=O) groups excluding carboxylic acids is 1. The summed E-state index contributed by atoms with van der Waals surface area (Å²) in [6.07, 6.45) is 10.6. The normalized spacial score (nSPS) is 13.6. The van der Waals surface area contributed by atoms with Gasteiger partial charge in [0.1, 0.15) is 0 Å². The van der Waals surface area contributed by atoms with E-state index in [9.17, 15) is 13.6 Å². The molecule has 0 heterocycles. The van der Waals surface area contributed by atoms with Crippen LogP contribution in [0.2, 0.25) is 6.04 Å². The van der Waals surface area contributed by atoms with E-state index in [0.717, 1.165) is 19.3 Å². The topological polar surface area (TPSA) is 35.5 Å². The zero-order valence-electron chi connectivity index (χ0n) is 21.1. The Kier molecular flexibility index (Phi) is 14.0. The zero-order valence-corrected chi connectivity index (χ0v) is 22.5. The number of carbonyl (C=O) groups is 1. The molecule has 32 heavy (non-hydrogen) atoms. The first-order valence-electron chi connectivity index (χ1n) is 12.5. The zero-order chi connectivity index (χ0) is 24.1. The molecular weight excluding hydrogens is 426 g/mol. The molecule has 0 saturated carbocycles. The molecule has 0 aliphatic rings. The van der Waals surface area contributed by atoms with Gasteiger partial charge in [-0.1, -0.05) is 57.9 Å². The predicted molar refractivity (Wildman–Crippen MR) is 131 cm³/mol. The summed E-state index contributed by atoms with van der Waals surface area (Å²) in [5, 5.41) is 0. The minimum absolute atomic E-state index is 0.122. The van der Waals surface area contributed by atoms with Crippen LogP contribution in [0.5, 0.6) is 5.75 Å². The Morgan fingerprint density at radius 2 is 1.34 bits per heavy atom. The van der Waals surface area contributed by atoms with Crippen LogP contribution >= 0.6 is 0 Å². The molecule has 0 aliphatic carbocycles. The Labute approximate surface area is 196 Å². The van der Waals surface area contributed by atoms with E-state index in [4.69, 9.17) is 9.47 Å². The fourth-order valence-corrected chi connectivity index (χ4v) is 5.48. The minimum Gasteiger partial charge on any atom is -0.420 e. The number of halogens is 2. The lowest BCUT2D eigenvalue weighted by molar-refractivity contribution is -0.134. The highest BCUT2D eigenvalue weighted by Gasteiger charge is 2.21. The van der Waals surface area contributed by atoms with Crippen LogP contribution in [0.15, 0.2) is 0 Å². The van der Waals surface area contributed by atoms with Gasteiger partial charge in [0.15, 0.2) is 11.6 Å². The Morgan fingerprint density at radius 3 is 1.88 bits per heavy atom. The van der Waals surface area contributed by atoms with E-state index in [-0.39, 0.29) is 15.9 Å². The average Bonchev–Trinajstić information content (AvgIpc) is 2.77. The van der Waals surface area contributed by atoms with Gasteiger partial charge in [-0.05, 0) is 64.2 Å². The first-order valence-corrected chi connectivity index (χ1v) is 14.3. The molecule has 0 aliphatic heterocycles. The van der Waals surface area contributed by atoms with Gasteiger partial charge in [0.2, 0.25) is 5.75 Å². The molecule has 1 aromatic carbocycles. The van der Waals surface area contributed by atoms with Crippen molar-refractivity contribution in [2.45, 2.75) is 124 Å². The summed E-state index contributed by atoms with van der Waals surface area (Å²) in [7, 11) is -0.122. The highest BCUT2D eigenvalue weighted by Crippen LogP contribution is 2.31. The molecule has 0 amide bonds. The summed E-state index contributed by atoms with van der Waals surface area (Å²) in [6, 6.07) is 1.36. The molecular formula is C26H44F2O3Si. The van der Waals surface area contributed by atoms with Crippen molar-refractivity contribution in [2.24, 2.45) is 0 Å². The highest BCUT2D eigenvalue weighted by molar-refractivity contribution is 6.36. The van der Waals surface area contributed by atoms with E-state index in [1.165, 1.54) is 38.1 Å². The maximum Gasteiger partial charge on any atom is 0.311 e. The van der Waals surface area contributed by atoms with E-state index >= 15 is 0 Å². The fourth-order valence-electron chi connectivity index (χ4n) is 3.80. The molecule has 0 N–H and O–H groups in total. The second-order valence-electron chi connectivity index (χ2n) is 9.19. The van der Waals surface area contributed by atoms with Crippen LogP contribution in [-0.4, -0.2) is 27.3 Å². The van der Waals surface area contributed by atoms with Crippen molar-refractivity contribution in [2.75, 3.05) is 0 Å². The van der Waals surface area contributed by atoms with Crippen LogP contribution in [0.3, 0.4) is 0 Å². The van der Waals surface area contributed by atoms with E-state index in [1.807, 2.05) is 0 Å². The van der Waals surface area contributed by atoms with Crippen molar-refractivity contribution in [3.8, 4) is 5.75 Å². The van der Waals surface area contributed by atoms with Crippen molar-refractivity contribution in [1.29, 1.82) is 0 Å². The molecule has 2 atom stereocenters. The molecule has 3 nitrogen and oxygen atoms in total. The summed E-state index contributed by atoms with van der Waals surface area (Å²) in [5.41, 5.74) is 1.68. The van der Waals surface area contributed by atoms with Gasteiger partial charge in [-0.3, -0.25) is 4.79 Å². The summed E-state index contributed by atoms with van der Waals surface area (Å²) < 4.78 is 39.5. The number of benzene rings is 1. The molecule has 0 saturated heterocycles. The van der Waals surface area contributed by atoms with Crippen LogP contribution in [0, 0.1) is 32.4 Å². The van der Waals surface area contributed by atoms with Crippen LogP contribution < -0.4 is 4.74 Å². The molecule has 0 bridgehead atoms. The Morgan fingerprint density at radius 1 is 0.844 bits per heavy atom. The van der Waals surface area contributed by atoms with Gasteiger partial charge in [-0.15, -0.1) is 0 Å². The molecule has 0 fully saturated rings. The second kappa shape index (κ2) is 15.5. The van der Waals surface area contributed by atoms with Crippen LogP contribution in [-0.2, 0) is 9.53 Å². The van der Waals surface area contributed by atoms with Gasteiger partial charge < -0.3 is 9.47 Å². The molecule has 2 unspecified atom stereocenters. The quantitative estimate of drug-likeness (QED) is 0.112. The van der Waals surface area contributed by atoms with E-state index in [0.29, 0.717) is 34.9 Å². The summed E-state index contributed by atoms with van der Waals surface area (Å²) in [5.74, 6) is -2.68. The third-order valence-electron chi connectivity index (χ3n) is 6.43. The standard InChI is InChI=1S/C26H44F2O3Si/c1-7-18(2)30-22(6)32-17-15-13-11-9-8-10-12-14-16-23(29)31-26-24(27)20(4)19(3)21(5)25(26)28/h18,22H,7-17,32H2,1-6H3. The predicted octanol–water partition coefficient (Wildman–Crippen LogP) is 7.05. The molecule has 0 radical (unpaired) electrons. The SMILES string of the molecule is CCC(C)OC(C)[SiH2]CCCCCCCCCCC(=O)Oc1c(F)c(C)c(C)c(C)c1F. The summed E-state index contributed by atoms with van der Waals surface area (Å²) in [6.45, 7) is 11.3. The number of esters is 1. The Balaban J connectivity index is 2.09. The lowest BCUT2D eigenvalue weighted by atomic mass is 10.0. The number of ether oxygens (including phenoxy) is 2. The van der Waals surface area contributed by atoms with E-state index < -0.39 is 23.4 Å². The van der Waals surface area contributed by atoms with Crippen molar-refractivity contribution < 1.29 is 23.0 Å². The minimum atomic E-state index is -0.779. The fraction of sp³-hybridized carbons (Fsp3) is 0.731. The Hall–Kier alpha value is -1.27. The second-order valence-corrected chi connectivity index (χ2v) is 11.6. The lowest BCUT2D eigenvalue weighted by Crippen LogP contribution is -2.22. The number of hydrogen-bond acceptors (Lipinski definition) is 3. The van der Waals surface area contributed by atoms with Crippen LogP contribution in [0.4, 0.5) is 8.78 Å². The van der Waals surface area contributed by atoms with Crippen LogP contribution in [0.25, 0.3) is 0 Å². The first-order chi connectivity index (χ1) is 15.2. The van der Waals surface area contributed by atoms with E-state index in [1.54, 1.807) is 20.8 Å². The van der Waals surface area contributed by atoms with Gasteiger partial charge in [0.25, 0.3) is 0 Å². The molecule has 0 aromatic heterocycles. The maximum atomic E-state index is 14.3. The number of unbranched alkanes of at least 4 members (excludes halogenated alkanes) is 7. The number of rotatable bonds is 16. The largest absolute Gasteiger partial charge is 0.420 e. The maximum absolute atomic E-state index is 14.3. The van der Waals surface area contributed by atoms with Crippen molar-refractivity contribution in [1.82, 2.24) is 0 Å². The van der Waals surface area contributed by atoms with Gasteiger partial charge >= 0.3 is 5.97 Å². The smallest absolute Gasteiger partial charge is 0.311 e. The lowest BCUT2D eigenvalue weighted by Gasteiger charge is -2.17. The summed E-state index contributed by atoms with van der Waals surface area (Å²) in [4.78, 5) is 12.0. The third-order valence-corrected chi connectivity index (χ3v) is 8.34. The molecule has 6 heteroatoms. The molecule has 0 spiro atoms. The van der Waals surface area contributed by atoms with Gasteiger partial charge in [-0.25, -0.2) is 8.78 Å². The molecule has 1 aromatic rings. The highest BCUT2D eigenvalue weighted by atomic mass is 28.2. The van der Waals surface area contributed by atoms with E-state index in [2.05, 4.69) is 20.8 Å². The monoisotopic (exact) mass is 470 g/mol.